The lowest BCUT2D eigenvalue weighted by Gasteiger charge is -2.49. The summed E-state index contributed by atoms with van der Waals surface area (Å²) in [5.74, 6) is -2.09. The van der Waals surface area contributed by atoms with Gasteiger partial charge in [-0.1, -0.05) is 310 Å². The van der Waals surface area contributed by atoms with Gasteiger partial charge in [0.15, 0.2) is 0 Å². The molecule has 0 aromatic carbocycles. The standard InChI is InChI=1S/C61H120O5/c1-4-7-10-13-16-19-22-25-28-31-34-37-40-43-46-51-56-64-60(59(62)63)54-49-50-55-61(60,65-57-52-47-44-41-38-35-32-29-26-23-20-17-14-11-8-5-2)66-58-53-48-45-42-39-36-33-30-27-24-21-18-15-12-9-6-3/h4-58H2,1-3H3,(H,62,63). The summed E-state index contributed by atoms with van der Waals surface area (Å²) in [6.45, 7) is 8.46. The fourth-order valence-electron chi connectivity index (χ4n) is 10.7. The molecule has 1 aliphatic rings. The van der Waals surface area contributed by atoms with Crippen molar-refractivity contribution in [2.45, 2.75) is 366 Å². The zero-order valence-electron chi connectivity index (χ0n) is 45.5. The van der Waals surface area contributed by atoms with Crippen LogP contribution in [0.2, 0.25) is 0 Å². The third-order valence-corrected chi connectivity index (χ3v) is 15.3. The highest BCUT2D eigenvalue weighted by atomic mass is 16.7. The molecule has 5 heteroatoms. The van der Waals surface area contributed by atoms with Crippen LogP contribution in [-0.4, -0.2) is 42.3 Å². The fraction of sp³-hybridized carbons (Fsp3) is 0.984. The molecule has 0 aromatic rings. The molecule has 1 N–H and O–H groups in total. The molecule has 1 aliphatic carbocycles. The average molecular weight is 934 g/mol. The summed E-state index contributed by atoms with van der Waals surface area (Å²) < 4.78 is 20.1. The Kier molecular flexibility index (Phi) is 47.4. The van der Waals surface area contributed by atoms with Crippen LogP contribution in [0.4, 0.5) is 0 Å². The van der Waals surface area contributed by atoms with Crippen LogP contribution in [0.25, 0.3) is 0 Å². The summed E-state index contributed by atoms with van der Waals surface area (Å²) in [7, 11) is 0. The second-order valence-electron chi connectivity index (χ2n) is 21.5. The van der Waals surface area contributed by atoms with Gasteiger partial charge in [0.1, 0.15) is 0 Å². The van der Waals surface area contributed by atoms with Gasteiger partial charge in [-0.2, -0.15) is 0 Å². The van der Waals surface area contributed by atoms with Crippen molar-refractivity contribution in [1.29, 1.82) is 0 Å². The Labute approximate surface area is 414 Å². The van der Waals surface area contributed by atoms with Crippen molar-refractivity contribution in [2.75, 3.05) is 19.8 Å². The molecule has 5 nitrogen and oxygen atoms in total. The third kappa shape index (κ3) is 35.4. The maximum Gasteiger partial charge on any atom is 0.341 e. The van der Waals surface area contributed by atoms with E-state index in [2.05, 4.69) is 20.8 Å². The third-order valence-electron chi connectivity index (χ3n) is 15.3. The average Bonchev–Trinajstić information content (AvgIpc) is 3.32. The van der Waals surface area contributed by atoms with Crippen molar-refractivity contribution in [3.63, 3.8) is 0 Å². The number of aliphatic carboxylic acids is 1. The highest BCUT2D eigenvalue weighted by Gasteiger charge is 2.61. The Hall–Kier alpha value is -0.650. The first kappa shape index (κ1) is 63.4. The van der Waals surface area contributed by atoms with Crippen LogP contribution >= 0.6 is 0 Å². The van der Waals surface area contributed by atoms with Crippen molar-refractivity contribution in [3.8, 4) is 0 Å². The predicted molar refractivity (Wildman–Crippen MR) is 288 cm³/mol. The minimum Gasteiger partial charge on any atom is -0.479 e. The molecule has 0 spiro atoms. The molecule has 0 saturated heterocycles. The molecular formula is C61H120O5. The van der Waals surface area contributed by atoms with Crippen LogP contribution in [0.1, 0.15) is 355 Å². The van der Waals surface area contributed by atoms with E-state index in [0.29, 0.717) is 32.7 Å². The Morgan fingerprint density at radius 3 is 0.727 bits per heavy atom. The Bertz CT molecular complexity index is 931. The normalized spacial score (nSPS) is 16.1. The highest BCUT2D eigenvalue weighted by molar-refractivity contribution is 5.79. The topological polar surface area (TPSA) is 65.0 Å². The van der Waals surface area contributed by atoms with E-state index in [1.807, 2.05) is 0 Å². The molecule has 1 fully saturated rings. The molecule has 66 heavy (non-hydrogen) atoms. The highest BCUT2D eigenvalue weighted by Crippen LogP contribution is 2.45. The maximum absolute atomic E-state index is 13.4. The molecule has 0 amide bonds. The van der Waals surface area contributed by atoms with E-state index in [1.165, 1.54) is 270 Å². The van der Waals surface area contributed by atoms with E-state index < -0.39 is 17.4 Å². The number of unbranched alkanes of at least 4 members (excludes halogenated alkanes) is 45. The van der Waals surface area contributed by atoms with Crippen LogP contribution in [0.15, 0.2) is 0 Å². The van der Waals surface area contributed by atoms with E-state index in [-0.39, 0.29) is 0 Å². The molecule has 0 aromatic heterocycles. The van der Waals surface area contributed by atoms with Gasteiger partial charge < -0.3 is 19.3 Å². The van der Waals surface area contributed by atoms with Gasteiger partial charge >= 0.3 is 5.97 Å². The number of rotatable bonds is 55. The summed E-state index contributed by atoms with van der Waals surface area (Å²) in [6.07, 6.45) is 66.8. The second-order valence-corrected chi connectivity index (χ2v) is 21.5. The Morgan fingerprint density at radius 1 is 0.303 bits per heavy atom. The molecule has 1 atom stereocenters. The van der Waals surface area contributed by atoms with Gasteiger partial charge in [0.05, 0.1) is 13.2 Å². The van der Waals surface area contributed by atoms with Crippen LogP contribution in [0, 0.1) is 0 Å². The molecule has 0 radical (unpaired) electrons. The van der Waals surface area contributed by atoms with E-state index in [4.69, 9.17) is 14.2 Å². The van der Waals surface area contributed by atoms with E-state index in [0.717, 1.165) is 51.4 Å². The van der Waals surface area contributed by atoms with Crippen molar-refractivity contribution in [1.82, 2.24) is 0 Å². The van der Waals surface area contributed by atoms with Gasteiger partial charge in [-0.05, 0) is 38.5 Å². The van der Waals surface area contributed by atoms with Gasteiger partial charge in [0, 0.05) is 13.0 Å². The lowest BCUT2D eigenvalue weighted by Crippen LogP contribution is -2.65. The summed E-state index contributed by atoms with van der Waals surface area (Å²) in [6, 6.07) is 0. The summed E-state index contributed by atoms with van der Waals surface area (Å²) >= 11 is 0. The minimum absolute atomic E-state index is 0.470. The van der Waals surface area contributed by atoms with Gasteiger partial charge in [0.2, 0.25) is 11.4 Å². The molecule has 0 heterocycles. The molecule has 0 aliphatic heterocycles. The number of hydrogen-bond acceptors (Lipinski definition) is 4. The smallest absolute Gasteiger partial charge is 0.341 e. The second kappa shape index (κ2) is 49.3. The van der Waals surface area contributed by atoms with Crippen molar-refractivity contribution >= 4 is 5.97 Å². The molecule has 1 saturated carbocycles. The first-order valence-electron chi connectivity index (χ1n) is 30.7. The number of ether oxygens (including phenoxy) is 3. The lowest BCUT2D eigenvalue weighted by atomic mass is 9.78. The van der Waals surface area contributed by atoms with E-state index in [1.54, 1.807) is 0 Å². The summed E-state index contributed by atoms with van der Waals surface area (Å²) in [5.41, 5.74) is -1.43. The van der Waals surface area contributed by atoms with Crippen molar-refractivity contribution in [2.24, 2.45) is 0 Å². The summed E-state index contributed by atoms with van der Waals surface area (Å²) in [4.78, 5) is 13.4. The summed E-state index contributed by atoms with van der Waals surface area (Å²) in [5, 5.41) is 11.0. The van der Waals surface area contributed by atoms with Crippen LogP contribution in [-0.2, 0) is 19.0 Å². The van der Waals surface area contributed by atoms with Crippen molar-refractivity contribution in [3.05, 3.63) is 0 Å². The quantitative estimate of drug-likeness (QED) is 0.0486. The number of carboxylic acids is 1. The molecule has 1 unspecified atom stereocenters. The van der Waals surface area contributed by atoms with Crippen molar-refractivity contribution < 1.29 is 24.1 Å². The Morgan fingerprint density at radius 2 is 0.500 bits per heavy atom. The lowest BCUT2D eigenvalue weighted by molar-refractivity contribution is -0.339. The maximum atomic E-state index is 13.4. The van der Waals surface area contributed by atoms with Crippen LogP contribution in [0.3, 0.4) is 0 Å². The van der Waals surface area contributed by atoms with Gasteiger partial charge in [-0.15, -0.1) is 0 Å². The van der Waals surface area contributed by atoms with Gasteiger partial charge in [-0.25, -0.2) is 4.79 Å². The minimum atomic E-state index is -1.43. The SMILES string of the molecule is CCCCCCCCCCCCCCCCCCOC1(OCCCCCCCCCCCCCCCCCC)CCCCC1(OCCCCCCCCCCCCCCCCCC)C(=O)O. The molecule has 394 valence electrons. The van der Waals surface area contributed by atoms with Gasteiger partial charge in [-0.3, -0.25) is 0 Å². The largest absolute Gasteiger partial charge is 0.479 e. The number of carbonyl (C=O) groups is 1. The van der Waals surface area contributed by atoms with Gasteiger partial charge in [0.25, 0.3) is 0 Å². The van der Waals surface area contributed by atoms with E-state index in [9.17, 15) is 9.90 Å². The first-order chi connectivity index (χ1) is 32.6. The molecule has 1 rings (SSSR count). The molecular weight excluding hydrogens is 813 g/mol. The number of hydrogen-bond donors (Lipinski definition) is 1. The Balaban J connectivity index is 2.48. The van der Waals surface area contributed by atoms with Crippen LogP contribution in [0.5, 0.6) is 0 Å². The first-order valence-corrected chi connectivity index (χ1v) is 30.7. The monoisotopic (exact) mass is 933 g/mol. The number of carboxylic acid groups (broad SMARTS) is 1. The predicted octanol–water partition coefficient (Wildman–Crippen LogP) is 20.9. The van der Waals surface area contributed by atoms with E-state index >= 15 is 0 Å². The zero-order valence-corrected chi connectivity index (χ0v) is 45.5. The fourth-order valence-corrected chi connectivity index (χ4v) is 10.7. The molecule has 0 bridgehead atoms. The zero-order chi connectivity index (χ0) is 47.6. The van der Waals surface area contributed by atoms with Crippen LogP contribution < -0.4 is 0 Å².